The Labute approximate surface area is 778 Å². The van der Waals surface area contributed by atoms with E-state index >= 15 is 0 Å². The first-order chi connectivity index (χ1) is 66.3. The molecule has 0 fully saturated rings. The van der Waals surface area contributed by atoms with Crippen molar-refractivity contribution >= 4 is 119 Å². The molecule has 0 unspecified atom stereocenters. The number of rotatable bonds is 12. The zero-order chi connectivity index (χ0) is 88.9. The number of hydrogen-bond acceptors (Lipinski definition) is 6. The SMILES string of the molecule is CC1(C)c2ccccc2-c2ccc3c(c21)c1cccc(-c2ncc(-c4ccccc4)cc2-c2ccccc2)c1n3-c1ccccc1.c1ccc(-c2cc(-c3ccccc3)nc(-c3cccc(-c4cccc5c6c7oc8ccccc8c7ccc6n(-c6ccccc6)c45)c3)n2)cc1.c1ccc(-c2ccc(-c3cccc4c3c3c5sc6ccccc6c5ccc3n4-c3ccccc3)nc2)cc1. The largest absolute Gasteiger partial charge is 0.455 e. The van der Waals surface area contributed by atoms with Crippen molar-refractivity contribution in [1.29, 1.82) is 0 Å². The minimum Gasteiger partial charge on any atom is -0.455 e. The zero-order valence-electron chi connectivity index (χ0n) is 73.4. The molecule has 8 aromatic heterocycles. The number of fused-ring (bicyclic) bond motifs is 21. The Bertz CT molecular complexity index is 8980. The third kappa shape index (κ3) is 13.3. The summed E-state index contributed by atoms with van der Waals surface area (Å²) in [4.78, 5) is 20.5. The molecule has 0 amide bonds. The van der Waals surface area contributed by atoms with E-state index in [9.17, 15) is 0 Å². The summed E-state index contributed by atoms with van der Waals surface area (Å²) < 4.78 is 16.5. The lowest BCUT2D eigenvalue weighted by molar-refractivity contribution is 0.666. The van der Waals surface area contributed by atoms with Crippen LogP contribution in [0.25, 0.3) is 237 Å². The number of furan rings is 1. The molecule has 0 bridgehead atoms. The van der Waals surface area contributed by atoms with Gasteiger partial charge in [-0.25, -0.2) is 9.97 Å². The molecule has 0 radical (unpaired) electrons. The molecule has 134 heavy (non-hydrogen) atoms. The molecule has 26 aromatic rings. The Hall–Kier alpha value is -17.2. The van der Waals surface area contributed by atoms with Crippen molar-refractivity contribution < 1.29 is 4.42 Å². The Morgan fingerprint density at radius 1 is 0.261 bits per heavy atom. The van der Waals surface area contributed by atoms with Crippen LogP contribution in [0.3, 0.4) is 0 Å². The predicted molar refractivity (Wildman–Crippen MR) is 560 cm³/mol. The minimum atomic E-state index is -0.137. The van der Waals surface area contributed by atoms with Gasteiger partial charge in [0, 0.05) is 143 Å². The Morgan fingerprint density at radius 2 is 0.731 bits per heavy atom. The van der Waals surface area contributed by atoms with Crippen LogP contribution in [0.5, 0.6) is 0 Å². The maximum atomic E-state index is 6.61. The van der Waals surface area contributed by atoms with Gasteiger partial charge < -0.3 is 18.1 Å². The third-order valence-electron chi connectivity index (χ3n) is 26.9. The van der Waals surface area contributed by atoms with Crippen LogP contribution in [-0.4, -0.2) is 33.6 Å². The number of nitrogens with zero attached hydrogens (tertiary/aromatic N) is 7. The summed E-state index contributed by atoms with van der Waals surface area (Å²) in [7, 11) is 0. The molecule has 1 aliphatic rings. The normalized spacial score (nSPS) is 12.2. The molecule has 8 heterocycles. The summed E-state index contributed by atoms with van der Waals surface area (Å²) in [6, 6.07) is 161. The summed E-state index contributed by atoms with van der Waals surface area (Å²) in [5, 5.41) is 12.3. The van der Waals surface area contributed by atoms with Crippen LogP contribution in [-0.2, 0) is 5.41 Å². The molecule has 27 rings (SSSR count). The van der Waals surface area contributed by atoms with Gasteiger partial charge >= 0.3 is 0 Å². The average Bonchev–Trinajstić information content (AvgIpc) is 1.53. The highest BCUT2D eigenvalue weighted by Gasteiger charge is 2.39. The molecule has 0 aliphatic heterocycles. The van der Waals surface area contributed by atoms with E-state index in [1.54, 1.807) is 0 Å². The molecule has 0 atom stereocenters. The molecule has 18 aromatic carbocycles. The lowest BCUT2D eigenvalue weighted by Gasteiger charge is -2.22. The lowest BCUT2D eigenvalue weighted by atomic mass is 9.80. The van der Waals surface area contributed by atoms with Crippen LogP contribution in [0.2, 0.25) is 0 Å². The fourth-order valence-electron chi connectivity index (χ4n) is 20.8. The standard InChI is InChI=1S/C46H29N3O.C44H32N2.C35H22N2S/c1-4-14-30(15-5-1)39-29-40(31-16-6-2-7-17-31)48-46(47-39)33-19-12-18-32(28-33)35-23-13-24-38-43-41(49(44(35)38)34-20-8-3-9-21-34)27-26-37-36-22-10-11-25-42(36)50-45(37)43;1-44(2)38-24-13-12-21-33(38)34-25-26-39-40(41(34)44)35-22-14-23-36(43(35)46(39)32-19-10-5-11-20-32)42-37(30-17-8-4-9-18-30)27-31(28-45-42)29-15-6-3-7-16-29;1-3-10-23(11-4-1)24-18-20-29(36-22-24)28-15-9-16-30-33(28)34-31(37(30)25-12-5-2-6-13-25)21-19-27-26-14-7-8-17-32(26)38-35(27)34/h1-29H;3-28H,1-2H3;1-22H. The van der Waals surface area contributed by atoms with E-state index in [1.165, 1.54) is 91.6 Å². The smallest absolute Gasteiger partial charge is 0.160 e. The van der Waals surface area contributed by atoms with Gasteiger partial charge in [-0.05, 0) is 148 Å². The Morgan fingerprint density at radius 3 is 1.39 bits per heavy atom. The van der Waals surface area contributed by atoms with Crippen molar-refractivity contribution in [3.63, 3.8) is 0 Å². The number of aromatic nitrogens is 7. The van der Waals surface area contributed by atoms with Crippen LogP contribution in [0.15, 0.2) is 472 Å². The summed E-state index contributed by atoms with van der Waals surface area (Å²) in [5.74, 6) is 0.687. The van der Waals surface area contributed by atoms with Crippen LogP contribution >= 0.6 is 11.3 Å². The van der Waals surface area contributed by atoms with E-state index in [1.807, 2.05) is 78.3 Å². The summed E-state index contributed by atoms with van der Waals surface area (Å²) in [6.45, 7) is 4.76. The second kappa shape index (κ2) is 32.7. The predicted octanol–water partition coefficient (Wildman–Crippen LogP) is 33.5. The van der Waals surface area contributed by atoms with E-state index in [-0.39, 0.29) is 5.41 Å². The summed E-state index contributed by atoms with van der Waals surface area (Å²) in [5.41, 5.74) is 35.7. The molecular formula is C125H83N7OS. The highest BCUT2D eigenvalue weighted by atomic mass is 32.1. The number of hydrogen-bond donors (Lipinski definition) is 0. The van der Waals surface area contributed by atoms with E-state index in [2.05, 4.69) is 428 Å². The third-order valence-corrected chi connectivity index (χ3v) is 28.1. The van der Waals surface area contributed by atoms with Crippen LogP contribution < -0.4 is 0 Å². The van der Waals surface area contributed by atoms with Gasteiger partial charge in [-0.1, -0.05) is 366 Å². The van der Waals surface area contributed by atoms with Crippen LogP contribution in [0, 0.1) is 0 Å². The number of benzene rings is 18. The molecule has 0 saturated heterocycles. The molecule has 8 nitrogen and oxygen atoms in total. The highest BCUT2D eigenvalue weighted by Crippen LogP contribution is 2.56. The van der Waals surface area contributed by atoms with E-state index < -0.39 is 0 Å². The second-order valence-corrected chi connectivity index (χ2v) is 36.0. The van der Waals surface area contributed by atoms with Crippen molar-refractivity contribution in [2.45, 2.75) is 19.3 Å². The van der Waals surface area contributed by atoms with Crippen molar-refractivity contribution in [2.24, 2.45) is 0 Å². The molecule has 9 heteroatoms. The van der Waals surface area contributed by atoms with Crippen LogP contribution in [0.1, 0.15) is 25.0 Å². The molecule has 0 spiro atoms. The van der Waals surface area contributed by atoms with E-state index in [0.717, 1.165) is 150 Å². The summed E-state index contributed by atoms with van der Waals surface area (Å²) >= 11 is 1.88. The first-order valence-electron chi connectivity index (χ1n) is 45.6. The molecule has 1 aliphatic carbocycles. The van der Waals surface area contributed by atoms with Gasteiger partial charge in [-0.15, -0.1) is 11.3 Å². The fraction of sp³-hybridized carbons (Fsp3) is 0.0240. The van der Waals surface area contributed by atoms with Crippen molar-refractivity contribution in [3.8, 4) is 129 Å². The van der Waals surface area contributed by atoms with E-state index in [4.69, 9.17) is 24.4 Å². The molecular weight excluding hydrogens is 1650 g/mol. The van der Waals surface area contributed by atoms with Gasteiger partial charge in [0.1, 0.15) is 11.2 Å². The first kappa shape index (κ1) is 79.0. The van der Waals surface area contributed by atoms with Crippen molar-refractivity contribution in [1.82, 2.24) is 33.6 Å². The number of thiophene rings is 1. The number of pyridine rings is 2. The van der Waals surface area contributed by atoms with Gasteiger partial charge in [0.25, 0.3) is 0 Å². The number of para-hydroxylation sites is 6. The van der Waals surface area contributed by atoms with Gasteiger partial charge in [0.2, 0.25) is 0 Å². The zero-order valence-corrected chi connectivity index (χ0v) is 74.2. The lowest BCUT2D eigenvalue weighted by Crippen LogP contribution is -2.15. The Balaban J connectivity index is 0.000000108. The minimum absolute atomic E-state index is 0.137. The summed E-state index contributed by atoms with van der Waals surface area (Å²) in [6.07, 6.45) is 4.03. The quantitative estimate of drug-likeness (QED) is 0.122. The second-order valence-electron chi connectivity index (χ2n) is 35.0. The van der Waals surface area contributed by atoms with Gasteiger partial charge in [0.15, 0.2) is 5.82 Å². The maximum absolute atomic E-state index is 6.61. The van der Waals surface area contributed by atoms with Crippen LogP contribution in [0.4, 0.5) is 0 Å². The fourth-order valence-corrected chi connectivity index (χ4v) is 22.1. The first-order valence-corrected chi connectivity index (χ1v) is 46.4. The molecule has 630 valence electrons. The Kier molecular flexibility index (Phi) is 19.3. The monoisotopic (exact) mass is 1730 g/mol. The molecule has 0 saturated carbocycles. The van der Waals surface area contributed by atoms with Gasteiger partial charge in [-0.2, -0.15) is 0 Å². The van der Waals surface area contributed by atoms with Crippen molar-refractivity contribution in [2.75, 3.05) is 0 Å². The highest BCUT2D eigenvalue weighted by molar-refractivity contribution is 7.26. The molecule has 0 N–H and O–H groups in total. The average molecular weight is 1730 g/mol. The topological polar surface area (TPSA) is 79.5 Å². The van der Waals surface area contributed by atoms with Crippen molar-refractivity contribution in [3.05, 3.63) is 478 Å². The maximum Gasteiger partial charge on any atom is 0.160 e. The van der Waals surface area contributed by atoms with E-state index in [0.29, 0.717) is 5.82 Å². The van der Waals surface area contributed by atoms with Gasteiger partial charge in [-0.3, -0.25) is 9.97 Å². The van der Waals surface area contributed by atoms with Gasteiger partial charge in [0.05, 0.1) is 61.3 Å².